The molecule has 0 unspecified atom stereocenters. The molecule has 0 bridgehead atoms. The number of carbonyl (C=O) groups is 1. The summed E-state index contributed by atoms with van der Waals surface area (Å²) in [4.78, 5) is 11.3. The second-order valence-electron chi connectivity index (χ2n) is 3.04. The summed E-state index contributed by atoms with van der Waals surface area (Å²) >= 11 is 0. The van der Waals surface area contributed by atoms with E-state index in [1.54, 1.807) is 6.92 Å². The Kier molecular flexibility index (Phi) is 4.25. The number of benzene rings is 1. The zero-order valence-corrected chi connectivity index (χ0v) is 9.07. The molecule has 0 aliphatic carbocycles. The molecule has 1 aromatic rings. The Labute approximate surface area is 92.6 Å². The average Bonchev–Trinajstić information content (AvgIpc) is 2.28. The third-order valence-electron chi connectivity index (χ3n) is 2.00. The van der Waals surface area contributed by atoms with Gasteiger partial charge in [-0.2, -0.15) is 0 Å². The van der Waals surface area contributed by atoms with Crippen LogP contribution in [0.25, 0.3) is 0 Å². The number of methoxy groups -OCH3 is 1. The smallest absolute Gasteiger partial charge is 0.339 e. The van der Waals surface area contributed by atoms with Crippen molar-refractivity contribution in [1.82, 2.24) is 0 Å². The van der Waals surface area contributed by atoms with Crippen LogP contribution in [-0.2, 0) is 9.53 Å². The Morgan fingerprint density at radius 2 is 2.25 bits per heavy atom. The topological polar surface area (TPSA) is 55.8 Å². The molecule has 0 aliphatic rings. The lowest BCUT2D eigenvalue weighted by atomic mass is 10.1. The fourth-order valence-corrected chi connectivity index (χ4v) is 1.27. The summed E-state index contributed by atoms with van der Waals surface area (Å²) in [5.41, 5.74) is 0.0564. The third-order valence-corrected chi connectivity index (χ3v) is 2.00. The first-order valence-electron chi connectivity index (χ1n) is 4.78. The lowest BCUT2D eigenvalue weighted by Crippen LogP contribution is -2.16. The summed E-state index contributed by atoms with van der Waals surface area (Å²) in [5, 5.41) is 9.64. The van der Waals surface area contributed by atoms with Gasteiger partial charge in [0, 0.05) is 5.56 Å². The largest absolute Gasteiger partial charge is 0.496 e. The van der Waals surface area contributed by atoms with Crippen molar-refractivity contribution in [3.63, 3.8) is 0 Å². The van der Waals surface area contributed by atoms with E-state index in [4.69, 9.17) is 4.74 Å². The van der Waals surface area contributed by atoms with E-state index < -0.39 is 17.9 Å². The van der Waals surface area contributed by atoms with Gasteiger partial charge in [0.05, 0.1) is 13.7 Å². The molecule has 88 valence electrons. The zero-order chi connectivity index (χ0) is 12.1. The number of hydrogen-bond acceptors (Lipinski definition) is 4. The molecule has 1 rings (SSSR count). The van der Waals surface area contributed by atoms with Crippen molar-refractivity contribution in [1.29, 1.82) is 0 Å². The van der Waals surface area contributed by atoms with Crippen LogP contribution < -0.4 is 4.74 Å². The van der Waals surface area contributed by atoms with E-state index in [2.05, 4.69) is 4.74 Å². The van der Waals surface area contributed by atoms with Crippen molar-refractivity contribution < 1.29 is 23.8 Å². The molecule has 0 aromatic heterocycles. The monoisotopic (exact) mass is 228 g/mol. The second-order valence-corrected chi connectivity index (χ2v) is 3.04. The van der Waals surface area contributed by atoms with Crippen molar-refractivity contribution in [3.8, 4) is 5.75 Å². The number of aliphatic hydroxyl groups excluding tert-OH is 1. The Morgan fingerprint density at radius 1 is 1.56 bits per heavy atom. The van der Waals surface area contributed by atoms with Crippen LogP contribution in [-0.4, -0.2) is 24.8 Å². The number of hydrogen-bond donors (Lipinski definition) is 1. The maximum atomic E-state index is 13.0. The number of ether oxygens (including phenoxy) is 2. The molecule has 1 aromatic carbocycles. The van der Waals surface area contributed by atoms with Gasteiger partial charge in [0.15, 0.2) is 6.10 Å². The van der Waals surface area contributed by atoms with Crippen LogP contribution in [0, 0.1) is 5.82 Å². The van der Waals surface area contributed by atoms with Crippen molar-refractivity contribution in [3.05, 3.63) is 29.6 Å². The summed E-state index contributed by atoms with van der Waals surface area (Å²) in [6.45, 7) is 1.76. The van der Waals surface area contributed by atoms with E-state index in [1.807, 2.05) is 0 Å². The highest BCUT2D eigenvalue weighted by Crippen LogP contribution is 2.26. The third kappa shape index (κ3) is 2.70. The van der Waals surface area contributed by atoms with E-state index in [-0.39, 0.29) is 17.9 Å². The molecule has 0 heterocycles. The molecular formula is C11H13FO4. The summed E-state index contributed by atoms with van der Waals surface area (Å²) in [5.74, 6) is -1.15. The van der Waals surface area contributed by atoms with Crippen molar-refractivity contribution >= 4 is 5.97 Å². The van der Waals surface area contributed by atoms with Crippen molar-refractivity contribution in [2.24, 2.45) is 0 Å². The normalized spacial score (nSPS) is 12.0. The van der Waals surface area contributed by atoms with Crippen LogP contribution in [0.3, 0.4) is 0 Å². The molecule has 1 N–H and O–H groups in total. The highest BCUT2D eigenvalue weighted by molar-refractivity contribution is 5.77. The molecule has 1 atom stereocenters. The second kappa shape index (κ2) is 5.46. The zero-order valence-electron chi connectivity index (χ0n) is 9.07. The Hall–Kier alpha value is -1.62. The molecule has 0 amide bonds. The van der Waals surface area contributed by atoms with Crippen LogP contribution in [0.2, 0.25) is 0 Å². The minimum Gasteiger partial charge on any atom is -0.496 e. The molecule has 0 saturated heterocycles. The molecule has 5 heteroatoms. The molecule has 0 saturated carbocycles. The Morgan fingerprint density at radius 3 is 2.81 bits per heavy atom. The van der Waals surface area contributed by atoms with Gasteiger partial charge in [-0.1, -0.05) is 0 Å². The summed E-state index contributed by atoms with van der Waals surface area (Å²) in [7, 11) is 1.37. The number of aliphatic hydroxyl groups is 1. The molecule has 0 radical (unpaired) electrons. The van der Waals surface area contributed by atoms with Crippen LogP contribution in [0.4, 0.5) is 4.39 Å². The highest BCUT2D eigenvalue weighted by Gasteiger charge is 2.22. The first kappa shape index (κ1) is 12.4. The van der Waals surface area contributed by atoms with E-state index in [0.717, 1.165) is 6.07 Å². The van der Waals surface area contributed by atoms with Gasteiger partial charge in [-0.15, -0.1) is 0 Å². The Balaban J connectivity index is 3.01. The summed E-state index contributed by atoms with van der Waals surface area (Å²) in [6, 6.07) is 3.56. The number of halogens is 1. The van der Waals surface area contributed by atoms with Gasteiger partial charge < -0.3 is 14.6 Å². The van der Waals surface area contributed by atoms with Gasteiger partial charge >= 0.3 is 5.97 Å². The van der Waals surface area contributed by atoms with Crippen LogP contribution in [0.15, 0.2) is 18.2 Å². The molecule has 4 nitrogen and oxygen atoms in total. The van der Waals surface area contributed by atoms with Crippen LogP contribution in [0.5, 0.6) is 5.75 Å². The quantitative estimate of drug-likeness (QED) is 0.792. The fraction of sp³-hybridized carbons (Fsp3) is 0.364. The van der Waals surface area contributed by atoms with E-state index >= 15 is 0 Å². The predicted octanol–water partition coefficient (Wildman–Crippen LogP) is 1.43. The lowest BCUT2D eigenvalue weighted by Gasteiger charge is -2.13. The first-order chi connectivity index (χ1) is 7.60. The molecule has 16 heavy (non-hydrogen) atoms. The maximum Gasteiger partial charge on any atom is 0.339 e. The predicted molar refractivity (Wildman–Crippen MR) is 54.5 cm³/mol. The van der Waals surface area contributed by atoms with Crippen molar-refractivity contribution in [2.75, 3.05) is 13.7 Å². The summed E-state index contributed by atoms with van der Waals surface area (Å²) in [6.07, 6.45) is -1.54. The standard InChI is InChI=1S/C11H13FO4/c1-3-16-11(14)10(13)8-6-7(12)4-5-9(8)15-2/h4-6,10,13H,3H2,1-2H3/t10-/m1/s1. The van der Waals surface area contributed by atoms with Gasteiger partial charge in [-0.25, -0.2) is 9.18 Å². The molecular weight excluding hydrogens is 215 g/mol. The van der Waals surface area contributed by atoms with Gasteiger partial charge in [0.1, 0.15) is 11.6 Å². The average molecular weight is 228 g/mol. The lowest BCUT2D eigenvalue weighted by molar-refractivity contribution is -0.153. The van der Waals surface area contributed by atoms with Gasteiger partial charge in [0.2, 0.25) is 0 Å². The fourth-order valence-electron chi connectivity index (χ4n) is 1.27. The number of rotatable bonds is 4. The highest BCUT2D eigenvalue weighted by atomic mass is 19.1. The summed E-state index contributed by atoms with van der Waals surface area (Å²) < 4.78 is 22.5. The molecule has 0 fully saturated rings. The number of carbonyl (C=O) groups excluding carboxylic acids is 1. The van der Waals surface area contributed by atoms with Gasteiger partial charge in [0.25, 0.3) is 0 Å². The number of esters is 1. The van der Waals surface area contributed by atoms with E-state index in [9.17, 15) is 14.3 Å². The van der Waals surface area contributed by atoms with Crippen LogP contribution in [0.1, 0.15) is 18.6 Å². The van der Waals surface area contributed by atoms with Crippen molar-refractivity contribution in [2.45, 2.75) is 13.0 Å². The Bertz CT molecular complexity index is 378. The van der Waals surface area contributed by atoms with E-state index in [0.29, 0.717) is 0 Å². The SMILES string of the molecule is CCOC(=O)[C@H](O)c1cc(F)ccc1OC. The molecule has 0 spiro atoms. The minimum atomic E-state index is -1.54. The maximum absolute atomic E-state index is 13.0. The first-order valence-corrected chi connectivity index (χ1v) is 4.78. The van der Waals surface area contributed by atoms with Gasteiger partial charge in [-0.3, -0.25) is 0 Å². The van der Waals surface area contributed by atoms with Crippen LogP contribution >= 0.6 is 0 Å². The van der Waals surface area contributed by atoms with Gasteiger partial charge in [-0.05, 0) is 25.1 Å². The molecule has 0 aliphatic heterocycles. The minimum absolute atomic E-state index is 0.0564. The van der Waals surface area contributed by atoms with E-state index in [1.165, 1.54) is 19.2 Å².